The molecule has 7 nitrogen and oxygen atoms in total. The highest BCUT2D eigenvalue weighted by atomic mass is 16.6. The lowest BCUT2D eigenvalue weighted by Crippen LogP contribution is -2.50. The molecule has 2 aliphatic rings. The average molecular weight is 409 g/mol. The third-order valence-electron chi connectivity index (χ3n) is 5.51. The molecule has 0 spiro atoms. The molecule has 2 aliphatic heterocycles. The van der Waals surface area contributed by atoms with Gasteiger partial charge >= 0.3 is 6.09 Å². The van der Waals surface area contributed by atoms with Gasteiger partial charge in [-0.1, -0.05) is 12.1 Å². The summed E-state index contributed by atoms with van der Waals surface area (Å²) in [7, 11) is 0. The van der Waals surface area contributed by atoms with Crippen LogP contribution in [0.2, 0.25) is 0 Å². The van der Waals surface area contributed by atoms with Gasteiger partial charge in [0.1, 0.15) is 11.4 Å². The molecule has 1 unspecified atom stereocenters. The van der Waals surface area contributed by atoms with Crippen LogP contribution in [0.15, 0.2) is 36.5 Å². The largest absolute Gasteiger partial charge is 0.444 e. The fourth-order valence-corrected chi connectivity index (χ4v) is 3.96. The van der Waals surface area contributed by atoms with Crippen LogP contribution in [0.4, 0.5) is 16.3 Å². The fraction of sp³-hybridized carbons (Fsp3) is 0.435. The molecule has 7 heteroatoms. The molecule has 1 saturated heterocycles. The van der Waals surface area contributed by atoms with Crippen LogP contribution in [0.3, 0.4) is 0 Å². The number of rotatable bonds is 2. The SMILES string of the molecule is CC1C(=O)Nc2nccc(-c3cccc(N4CCN(C(=O)OC(C)(C)C)CC4)c3)c21. The van der Waals surface area contributed by atoms with Gasteiger partial charge < -0.3 is 19.9 Å². The number of ether oxygens (including phenoxy) is 1. The minimum absolute atomic E-state index is 0.0145. The second-order valence-corrected chi connectivity index (χ2v) is 8.84. The van der Waals surface area contributed by atoms with Crippen LogP contribution in [-0.2, 0) is 9.53 Å². The maximum atomic E-state index is 12.3. The molecule has 4 rings (SSSR count). The molecule has 1 fully saturated rings. The lowest BCUT2D eigenvalue weighted by Gasteiger charge is -2.37. The molecule has 0 saturated carbocycles. The Balaban J connectivity index is 1.51. The number of nitrogens with one attached hydrogen (secondary N) is 1. The summed E-state index contributed by atoms with van der Waals surface area (Å²) in [5.41, 5.74) is 3.66. The van der Waals surface area contributed by atoms with Crippen LogP contribution in [0, 0.1) is 0 Å². The molecule has 3 heterocycles. The van der Waals surface area contributed by atoms with E-state index in [0.29, 0.717) is 18.9 Å². The van der Waals surface area contributed by atoms with E-state index in [1.807, 2.05) is 39.8 Å². The van der Waals surface area contributed by atoms with Gasteiger partial charge in [-0.05, 0) is 57.0 Å². The van der Waals surface area contributed by atoms with Gasteiger partial charge in [-0.2, -0.15) is 0 Å². The molecular weight excluding hydrogens is 380 g/mol. The third kappa shape index (κ3) is 3.97. The Labute approximate surface area is 177 Å². The van der Waals surface area contributed by atoms with Crippen molar-refractivity contribution in [2.45, 2.75) is 39.2 Å². The number of carbonyl (C=O) groups excluding carboxylic acids is 2. The average Bonchev–Trinajstić information content (AvgIpc) is 3.01. The van der Waals surface area contributed by atoms with E-state index in [9.17, 15) is 9.59 Å². The van der Waals surface area contributed by atoms with E-state index < -0.39 is 5.60 Å². The van der Waals surface area contributed by atoms with Crippen LogP contribution in [0.1, 0.15) is 39.2 Å². The van der Waals surface area contributed by atoms with E-state index in [1.54, 1.807) is 11.1 Å². The van der Waals surface area contributed by atoms with Crippen molar-refractivity contribution in [2.24, 2.45) is 0 Å². The Morgan fingerprint density at radius 3 is 2.60 bits per heavy atom. The summed E-state index contributed by atoms with van der Waals surface area (Å²) in [5, 5.41) is 2.86. The van der Waals surface area contributed by atoms with Crippen molar-refractivity contribution in [3.05, 3.63) is 42.1 Å². The summed E-state index contributed by atoms with van der Waals surface area (Å²) >= 11 is 0. The zero-order valence-corrected chi connectivity index (χ0v) is 17.9. The van der Waals surface area contributed by atoms with Crippen molar-refractivity contribution in [3.8, 4) is 11.1 Å². The van der Waals surface area contributed by atoms with Crippen LogP contribution in [-0.4, -0.2) is 53.7 Å². The topological polar surface area (TPSA) is 74.8 Å². The van der Waals surface area contributed by atoms with E-state index >= 15 is 0 Å². The number of nitrogens with zero attached hydrogens (tertiary/aromatic N) is 3. The van der Waals surface area contributed by atoms with E-state index in [0.717, 1.165) is 35.5 Å². The van der Waals surface area contributed by atoms with Gasteiger partial charge in [0, 0.05) is 43.6 Å². The number of anilines is 2. The third-order valence-corrected chi connectivity index (χ3v) is 5.51. The first-order valence-electron chi connectivity index (χ1n) is 10.4. The second-order valence-electron chi connectivity index (χ2n) is 8.84. The molecular formula is C23H28N4O3. The predicted octanol–water partition coefficient (Wildman–Crippen LogP) is 3.86. The Kier molecular flexibility index (Phi) is 5.13. The zero-order valence-electron chi connectivity index (χ0n) is 17.9. The highest BCUT2D eigenvalue weighted by Crippen LogP contribution is 2.39. The van der Waals surface area contributed by atoms with Crippen molar-refractivity contribution in [3.63, 3.8) is 0 Å². The summed E-state index contributed by atoms with van der Waals surface area (Å²) in [6.07, 6.45) is 1.48. The molecule has 1 aromatic heterocycles. The summed E-state index contributed by atoms with van der Waals surface area (Å²) in [6, 6.07) is 10.3. The van der Waals surface area contributed by atoms with Gasteiger partial charge in [0.2, 0.25) is 5.91 Å². The van der Waals surface area contributed by atoms with Crippen molar-refractivity contribution in [1.82, 2.24) is 9.88 Å². The van der Waals surface area contributed by atoms with Gasteiger partial charge in [0.25, 0.3) is 0 Å². The van der Waals surface area contributed by atoms with Gasteiger partial charge in [-0.3, -0.25) is 4.79 Å². The van der Waals surface area contributed by atoms with Crippen molar-refractivity contribution in [2.75, 3.05) is 36.4 Å². The standard InChI is InChI=1S/C23H28N4O3/c1-15-19-18(8-9-24-20(19)25-21(15)28)16-6-5-7-17(14-16)26-10-12-27(13-11-26)22(29)30-23(2,3)4/h5-9,14-15H,10-13H2,1-4H3,(H,24,25,28). The number of hydrogen-bond donors (Lipinski definition) is 1. The maximum Gasteiger partial charge on any atom is 0.410 e. The predicted molar refractivity (Wildman–Crippen MR) is 117 cm³/mol. The Bertz CT molecular complexity index is 975. The summed E-state index contributed by atoms with van der Waals surface area (Å²) in [4.78, 5) is 32.8. The van der Waals surface area contributed by atoms with E-state index in [4.69, 9.17) is 4.74 Å². The van der Waals surface area contributed by atoms with Crippen molar-refractivity contribution >= 4 is 23.5 Å². The van der Waals surface area contributed by atoms with Crippen LogP contribution in [0.5, 0.6) is 0 Å². The number of aromatic nitrogens is 1. The van der Waals surface area contributed by atoms with Gasteiger partial charge in [0.15, 0.2) is 0 Å². The highest BCUT2D eigenvalue weighted by molar-refractivity contribution is 6.04. The van der Waals surface area contributed by atoms with Crippen molar-refractivity contribution < 1.29 is 14.3 Å². The minimum atomic E-state index is -0.485. The van der Waals surface area contributed by atoms with Gasteiger partial charge in [-0.15, -0.1) is 0 Å². The number of hydrogen-bond acceptors (Lipinski definition) is 5. The number of amides is 2. The summed E-state index contributed by atoms with van der Waals surface area (Å²) in [5.74, 6) is 0.422. The Hall–Kier alpha value is -3.09. The first kappa shape index (κ1) is 20.2. The van der Waals surface area contributed by atoms with Gasteiger partial charge in [-0.25, -0.2) is 9.78 Å². The first-order valence-corrected chi connectivity index (χ1v) is 10.4. The smallest absolute Gasteiger partial charge is 0.410 e. The monoisotopic (exact) mass is 408 g/mol. The van der Waals surface area contributed by atoms with Crippen molar-refractivity contribution in [1.29, 1.82) is 0 Å². The number of fused-ring (bicyclic) bond motifs is 1. The molecule has 2 aromatic rings. The lowest BCUT2D eigenvalue weighted by molar-refractivity contribution is -0.116. The molecule has 0 bridgehead atoms. The molecule has 158 valence electrons. The lowest BCUT2D eigenvalue weighted by atomic mass is 9.94. The molecule has 30 heavy (non-hydrogen) atoms. The molecule has 1 atom stereocenters. The molecule has 0 radical (unpaired) electrons. The van der Waals surface area contributed by atoms with E-state index in [1.165, 1.54) is 0 Å². The number of pyridine rings is 1. The fourth-order valence-electron chi connectivity index (χ4n) is 3.96. The molecule has 1 N–H and O–H groups in total. The Morgan fingerprint density at radius 1 is 1.17 bits per heavy atom. The van der Waals surface area contributed by atoms with Gasteiger partial charge in [0.05, 0.1) is 5.92 Å². The van der Waals surface area contributed by atoms with Crippen LogP contribution < -0.4 is 10.2 Å². The molecule has 1 aromatic carbocycles. The maximum absolute atomic E-state index is 12.3. The molecule has 0 aliphatic carbocycles. The zero-order chi connectivity index (χ0) is 21.5. The van der Waals surface area contributed by atoms with E-state index in [-0.39, 0.29) is 17.9 Å². The van der Waals surface area contributed by atoms with Crippen LogP contribution in [0.25, 0.3) is 11.1 Å². The Morgan fingerprint density at radius 2 is 1.90 bits per heavy atom. The first-order chi connectivity index (χ1) is 14.2. The second kappa shape index (κ2) is 7.63. The number of benzene rings is 1. The van der Waals surface area contributed by atoms with E-state index in [2.05, 4.69) is 33.4 Å². The minimum Gasteiger partial charge on any atom is -0.444 e. The molecule has 2 amide bonds. The quantitative estimate of drug-likeness (QED) is 0.817. The summed E-state index contributed by atoms with van der Waals surface area (Å²) < 4.78 is 5.49. The number of piperazine rings is 1. The van der Waals surface area contributed by atoms with Crippen LogP contribution >= 0.6 is 0 Å². The highest BCUT2D eigenvalue weighted by Gasteiger charge is 2.31. The summed E-state index contributed by atoms with van der Waals surface area (Å²) in [6.45, 7) is 10.3. The normalized spacial score (nSPS) is 18.8. The number of carbonyl (C=O) groups is 2.